The molecule has 1 N–H and O–H groups in total. The van der Waals surface area contributed by atoms with Crippen molar-refractivity contribution in [3.8, 4) is 5.75 Å². The number of nitrogens with zero attached hydrogens (tertiary/aromatic N) is 1. The van der Waals surface area contributed by atoms with Crippen LogP contribution in [-0.4, -0.2) is 40.3 Å². The lowest BCUT2D eigenvalue weighted by Crippen LogP contribution is -2.33. The lowest BCUT2D eigenvalue weighted by molar-refractivity contribution is -0.121. The van der Waals surface area contributed by atoms with Crippen LogP contribution in [-0.2, 0) is 20.2 Å². The Bertz CT molecular complexity index is 970. The van der Waals surface area contributed by atoms with Gasteiger partial charge in [-0.05, 0) is 47.7 Å². The van der Waals surface area contributed by atoms with Gasteiger partial charge in [-0.2, -0.15) is 0 Å². The largest absolute Gasteiger partial charge is 0.491 e. The lowest BCUT2D eigenvalue weighted by atomic mass is 9.86. The van der Waals surface area contributed by atoms with Crippen molar-refractivity contribution in [2.24, 2.45) is 0 Å². The van der Waals surface area contributed by atoms with Crippen LogP contribution in [0.3, 0.4) is 0 Å². The first kappa shape index (κ1) is 25.0. The highest BCUT2D eigenvalue weighted by Crippen LogP contribution is 2.30. The molecule has 0 aliphatic heterocycles. The molecule has 0 saturated heterocycles. The van der Waals surface area contributed by atoms with E-state index in [1.807, 2.05) is 24.3 Å². The summed E-state index contributed by atoms with van der Waals surface area (Å²) in [6, 6.07) is 14.5. The molecule has 0 spiro atoms. The first-order chi connectivity index (χ1) is 14.5. The zero-order valence-corrected chi connectivity index (χ0v) is 20.1. The van der Waals surface area contributed by atoms with Crippen molar-refractivity contribution < 1.29 is 17.9 Å². The number of amides is 1. The normalized spacial score (nSPS) is 11.8. The number of anilines is 1. The molecule has 6 nitrogen and oxygen atoms in total. The number of carbonyl (C=O) groups excluding carboxylic acids is 1. The molecule has 0 aromatic heterocycles. The minimum atomic E-state index is -3.46. The monoisotopic (exact) mass is 466 g/mol. The van der Waals surface area contributed by atoms with Gasteiger partial charge in [0.2, 0.25) is 15.9 Å². The number of nitrogens with one attached hydrogen (secondary N) is 1. The molecule has 0 saturated carbocycles. The van der Waals surface area contributed by atoms with Crippen LogP contribution in [0.2, 0.25) is 5.02 Å². The Morgan fingerprint density at radius 1 is 1.10 bits per heavy atom. The maximum atomic E-state index is 12.1. The molecule has 0 unspecified atom stereocenters. The summed E-state index contributed by atoms with van der Waals surface area (Å²) in [4.78, 5) is 12.1. The van der Waals surface area contributed by atoms with Gasteiger partial charge in [0, 0.05) is 18.0 Å². The van der Waals surface area contributed by atoms with Gasteiger partial charge >= 0.3 is 0 Å². The van der Waals surface area contributed by atoms with Crippen LogP contribution in [0.25, 0.3) is 0 Å². The Morgan fingerprint density at radius 3 is 2.35 bits per heavy atom. The second kappa shape index (κ2) is 10.9. The molecule has 0 aliphatic rings. The van der Waals surface area contributed by atoms with Crippen LogP contribution in [0.15, 0.2) is 48.5 Å². The Hall–Kier alpha value is -2.25. The molecule has 0 aliphatic carbocycles. The summed E-state index contributed by atoms with van der Waals surface area (Å²) in [6.45, 7) is 7.33. The van der Waals surface area contributed by atoms with E-state index in [1.54, 1.807) is 24.3 Å². The van der Waals surface area contributed by atoms with Gasteiger partial charge in [0.1, 0.15) is 12.4 Å². The third kappa shape index (κ3) is 8.07. The number of rotatable bonds is 10. The van der Waals surface area contributed by atoms with Crippen molar-refractivity contribution in [2.75, 3.05) is 30.3 Å². The maximum Gasteiger partial charge on any atom is 0.232 e. The fraction of sp³-hybridized carbons (Fsp3) is 0.435. The van der Waals surface area contributed by atoms with E-state index in [9.17, 15) is 13.2 Å². The van der Waals surface area contributed by atoms with E-state index in [-0.39, 0.29) is 24.3 Å². The fourth-order valence-electron chi connectivity index (χ4n) is 3.13. The molecule has 170 valence electrons. The van der Waals surface area contributed by atoms with Gasteiger partial charge in [0.15, 0.2) is 0 Å². The minimum Gasteiger partial charge on any atom is -0.491 e. The minimum absolute atomic E-state index is 0.0323. The van der Waals surface area contributed by atoms with Crippen molar-refractivity contribution in [3.05, 3.63) is 59.1 Å². The summed E-state index contributed by atoms with van der Waals surface area (Å²) < 4.78 is 31.4. The van der Waals surface area contributed by atoms with Gasteiger partial charge < -0.3 is 10.1 Å². The summed E-state index contributed by atoms with van der Waals surface area (Å²) in [5, 5.41) is 3.35. The Labute approximate surface area is 190 Å². The van der Waals surface area contributed by atoms with E-state index in [0.717, 1.165) is 17.6 Å². The van der Waals surface area contributed by atoms with Crippen LogP contribution >= 0.6 is 11.6 Å². The van der Waals surface area contributed by atoms with Crippen molar-refractivity contribution in [3.63, 3.8) is 0 Å². The van der Waals surface area contributed by atoms with E-state index in [2.05, 4.69) is 26.1 Å². The van der Waals surface area contributed by atoms with Crippen molar-refractivity contribution in [1.82, 2.24) is 5.32 Å². The molecule has 8 heteroatoms. The standard InChI is InChI=1S/C23H31ClN2O4S/c1-23(2,3)20-8-5-6-9-21(20)30-17-15-25-22(27)10-7-16-26(31(4,28)29)19-13-11-18(24)12-14-19/h5-6,8-9,11-14H,7,10,15-17H2,1-4H3,(H,25,27). The molecule has 2 aromatic carbocycles. The van der Waals surface area contributed by atoms with Gasteiger partial charge in [0.05, 0.1) is 18.5 Å². The third-order valence-corrected chi connectivity index (χ3v) is 6.10. The SMILES string of the molecule is CC(C)(C)c1ccccc1OCCNC(=O)CCCN(c1ccc(Cl)cc1)S(C)(=O)=O. The molecule has 0 fully saturated rings. The average Bonchev–Trinajstić information content (AvgIpc) is 2.68. The number of benzene rings is 2. The van der Waals surface area contributed by atoms with Crippen molar-refractivity contribution in [2.45, 2.75) is 39.0 Å². The number of para-hydroxylation sites is 1. The van der Waals surface area contributed by atoms with E-state index in [4.69, 9.17) is 16.3 Å². The van der Waals surface area contributed by atoms with Crippen LogP contribution in [0.1, 0.15) is 39.2 Å². The van der Waals surface area contributed by atoms with Gasteiger partial charge in [-0.25, -0.2) is 8.42 Å². The smallest absolute Gasteiger partial charge is 0.232 e. The number of halogens is 1. The summed E-state index contributed by atoms with van der Waals surface area (Å²) >= 11 is 5.88. The molecular weight excluding hydrogens is 436 g/mol. The Morgan fingerprint density at radius 2 is 1.74 bits per heavy atom. The van der Waals surface area contributed by atoms with E-state index < -0.39 is 10.0 Å². The number of hydrogen-bond donors (Lipinski definition) is 1. The number of ether oxygens (including phenoxy) is 1. The fourth-order valence-corrected chi connectivity index (χ4v) is 4.22. The maximum absolute atomic E-state index is 12.1. The Kier molecular flexibility index (Phi) is 8.77. The molecule has 0 radical (unpaired) electrons. The summed E-state index contributed by atoms with van der Waals surface area (Å²) in [5.74, 6) is 0.674. The van der Waals surface area contributed by atoms with Gasteiger partial charge in [-0.15, -0.1) is 0 Å². The molecule has 0 bridgehead atoms. The van der Waals surface area contributed by atoms with E-state index in [1.165, 1.54) is 4.31 Å². The molecule has 31 heavy (non-hydrogen) atoms. The first-order valence-electron chi connectivity index (χ1n) is 10.2. The van der Waals surface area contributed by atoms with Gasteiger partial charge in [-0.1, -0.05) is 50.6 Å². The topological polar surface area (TPSA) is 75.7 Å². The third-order valence-electron chi connectivity index (χ3n) is 4.66. The quantitative estimate of drug-likeness (QED) is 0.527. The highest BCUT2D eigenvalue weighted by molar-refractivity contribution is 7.92. The average molecular weight is 467 g/mol. The predicted molar refractivity (Wildman–Crippen MR) is 127 cm³/mol. The molecule has 0 heterocycles. The lowest BCUT2D eigenvalue weighted by Gasteiger charge is -2.23. The first-order valence-corrected chi connectivity index (χ1v) is 12.4. The molecular formula is C23H31ClN2O4S. The van der Waals surface area contributed by atoms with Crippen molar-refractivity contribution >= 4 is 33.2 Å². The highest BCUT2D eigenvalue weighted by Gasteiger charge is 2.19. The predicted octanol–water partition coefficient (Wildman–Crippen LogP) is 4.38. The van der Waals surface area contributed by atoms with Crippen LogP contribution < -0.4 is 14.4 Å². The van der Waals surface area contributed by atoms with Gasteiger partial charge in [0.25, 0.3) is 0 Å². The highest BCUT2D eigenvalue weighted by atomic mass is 35.5. The molecule has 2 rings (SSSR count). The number of sulfonamides is 1. The van der Waals surface area contributed by atoms with E-state index >= 15 is 0 Å². The summed E-state index contributed by atoms with van der Waals surface area (Å²) in [7, 11) is -3.46. The van der Waals surface area contributed by atoms with Crippen LogP contribution in [0, 0.1) is 0 Å². The molecule has 1 amide bonds. The second-order valence-electron chi connectivity index (χ2n) is 8.36. The molecule has 0 atom stereocenters. The second-order valence-corrected chi connectivity index (χ2v) is 10.7. The molecule has 2 aromatic rings. The zero-order valence-electron chi connectivity index (χ0n) is 18.5. The summed E-state index contributed by atoms with van der Waals surface area (Å²) in [6.07, 6.45) is 1.77. The van der Waals surface area contributed by atoms with E-state index in [0.29, 0.717) is 30.3 Å². The number of carbonyl (C=O) groups is 1. The Balaban J connectivity index is 1.79. The zero-order chi connectivity index (χ0) is 23.1. The van der Waals surface area contributed by atoms with Crippen LogP contribution in [0.4, 0.5) is 5.69 Å². The number of hydrogen-bond acceptors (Lipinski definition) is 4. The van der Waals surface area contributed by atoms with Crippen molar-refractivity contribution in [1.29, 1.82) is 0 Å². The van der Waals surface area contributed by atoms with Crippen LogP contribution in [0.5, 0.6) is 5.75 Å². The summed E-state index contributed by atoms with van der Waals surface area (Å²) in [5.41, 5.74) is 1.61. The van der Waals surface area contributed by atoms with Gasteiger partial charge in [-0.3, -0.25) is 9.10 Å².